The van der Waals surface area contributed by atoms with Crippen LogP contribution in [0.1, 0.15) is 25.0 Å². The normalized spacial score (nSPS) is 15.4. The van der Waals surface area contributed by atoms with Gasteiger partial charge in [-0.2, -0.15) is 30.1 Å². The van der Waals surface area contributed by atoms with Crippen LogP contribution in [0.5, 0.6) is 0 Å². The molecule has 1 aromatic carbocycles. The second-order valence-electron chi connectivity index (χ2n) is 7.86. The van der Waals surface area contributed by atoms with E-state index in [4.69, 9.17) is 16.3 Å². The highest BCUT2D eigenvalue weighted by atomic mass is 35.5. The van der Waals surface area contributed by atoms with Crippen molar-refractivity contribution in [3.63, 3.8) is 0 Å². The van der Waals surface area contributed by atoms with E-state index in [1.54, 1.807) is 17.0 Å². The number of rotatable bonds is 5. The molecule has 0 spiro atoms. The average Bonchev–Trinajstić information content (AvgIpc) is 3.28. The molecule has 1 saturated heterocycles. The maximum absolute atomic E-state index is 11.9. The standard InChI is InChI=1S/C22H23ClN10O2/c1-4-26-21-30-20(29-19-15(10-25)11-27-33(19)21)28-16-7-14(9-24)8-17(18(16)23)32-6-5-31(12-13(32)2)22(34)35-3/h7-8,11,13H,4-6,12H2,1-3H3,(H2,26,28,29,30)/t13-/m0/s1. The molecule has 1 atom stereocenters. The molecule has 2 N–H and O–H groups in total. The third-order valence-electron chi connectivity index (χ3n) is 5.62. The monoisotopic (exact) mass is 494 g/mol. The molecule has 180 valence electrons. The van der Waals surface area contributed by atoms with E-state index in [1.807, 2.05) is 18.7 Å². The Hall–Kier alpha value is -4.29. The number of halogens is 1. The van der Waals surface area contributed by atoms with Crippen molar-refractivity contribution in [2.45, 2.75) is 19.9 Å². The molecule has 0 radical (unpaired) electrons. The highest BCUT2D eigenvalue weighted by molar-refractivity contribution is 6.36. The number of carbonyl (C=O) groups is 1. The van der Waals surface area contributed by atoms with Crippen LogP contribution in [0.4, 0.5) is 28.1 Å². The first kappa shape index (κ1) is 23.9. The van der Waals surface area contributed by atoms with Gasteiger partial charge in [0.05, 0.1) is 41.3 Å². The van der Waals surface area contributed by atoms with E-state index in [1.165, 1.54) is 17.8 Å². The smallest absolute Gasteiger partial charge is 0.409 e. The highest BCUT2D eigenvalue weighted by Crippen LogP contribution is 2.37. The van der Waals surface area contributed by atoms with Crippen LogP contribution in [0.2, 0.25) is 5.02 Å². The van der Waals surface area contributed by atoms with Crippen LogP contribution >= 0.6 is 11.6 Å². The zero-order valence-corrected chi connectivity index (χ0v) is 20.2. The summed E-state index contributed by atoms with van der Waals surface area (Å²) in [5, 5.41) is 29.8. The summed E-state index contributed by atoms with van der Waals surface area (Å²) in [5.41, 5.74) is 2.11. The number of nitrogens with zero attached hydrogens (tertiary/aromatic N) is 8. The lowest BCUT2D eigenvalue weighted by atomic mass is 10.1. The fourth-order valence-electron chi connectivity index (χ4n) is 3.99. The summed E-state index contributed by atoms with van der Waals surface area (Å²) in [4.78, 5) is 24.5. The molecule has 3 heterocycles. The fourth-order valence-corrected chi connectivity index (χ4v) is 4.25. The maximum Gasteiger partial charge on any atom is 0.409 e. The lowest BCUT2D eigenvalue weighted by Gasteiger charge is -2.41. The molecule has 2 aromatic heterocycles. The number of anilines is 4. The van der Waals surface area contributed by atoms with Crippen LogP contribution in [0.3, 0.4) is 0 Å². The summed E-state index contributed by atoms with van der Waals surface area (Å²) in [6.07, 6.45) is 1.04. The van der Waals surface area contributed by atoms with Gasteiger partial charge in [0.15, 0.2) is 5.65 Å². The number of hydrogen-bond donors (Lipinski definition) is 2. The zero-order valence-electron chi connectivity index (χ0n) is 19.4. The number of methoxy groups -OCH3 is 1. The van der Waals surface area contributed by atoms with Gasteiger partial charge in [0.2, 0.25) is 11.9 Å². The van der Waals surface area contributed by atoms with Gasteiger partial charge in [-0.3, -0.25) is 0 Å². The Morgan fingerprint density at radius 2 is 2.09 bits per heavy atom. The molecule has 0 saturated carbocycles. The molecule has 3 aromatic rings. The molecule has 1 aliphatic rings. The van der Waals surface area contributed by atoms with E-state index in [0.717, 1.165) is 0 Å². The van der Waals surface area contributed by atoms with Gasteiger partial charge in [-0.1, -0.05) is 11.6 Å². The molecule has 12 nitrogen and oxygen atoms in total. The summed E-state index contributed by atoms with van der Waals surface area (Å²) >= 11 is 6.81. The SMILES string of the molecule is CCNc1nc(Nc2cc(C#N)cc(N3CCN(C(=O)OC)C[C@@H]3C)c2Cl)nc2c(C#N)cnn12. The molecular weight excluding hydrogens is 472 g/mol. The Balaban J connectivity index is 1.71. The van der Waals surface area contributed by atoms with Crippen LogP contribution in [-0.4, -0.2) is 69.9 Å². The molecule has 4 rings (SSSR count). The van der Waals surface area contributed by atoms with Crippen molar-refractivity contribution >= 4 is 46.6 Å². The van der Waals surface area contributed by atoms with Crippen molar-refractivity contribution < 1.29 is 9.53 Å². The quantitative estimate of drug-likeness (QED) is 0.542. The van der Waals surface area contributed by atoms with Gasteiger partial charge >= 0.3 is 6.09 Å². The summed E-state index contributed by atoms with van der Waals surface area (Å²) in [5.74, 6) is 0.596. The second kappa shape index (κ2) is 9.91. The van der Waals surface area contributed by atoms with Gasteiger partial charge < -0.3 is 25.2 Å². The minimum absolute atomic E-state index is 0.0694. The second-order valence-corrected chi connectivity index (χ2v) is 8.24. The summed E-state index contributed by atoms with van der Waals surface area (Å²) in [6.45, 7) is 5.89. The average molecular weight is 495 g/mol. The lowest BCUT2D eigenvalue weighted by molar-refractivity contribution is 0.116. The summed E-state index contributed by atoms with van der Waals surface area (Å²) in [6, 6.07) is 7.50. The van der Waals surface area contributed by atoms with Gasteiger partial charge in [0.1, 0.15) is 11.6 Å². The van der Waals surface area contributed by atoms with E-state index in [-0.39, 0.29) is 18.1 Å². The first-order chi connectivity index (χ1) is 16.9. The molecule has 13 heteroatoms. The molecule has 1 aliphatic heterocycles. The molecular formula is C22H23ClN10O2. The van der Waals surface area contributed by atoms with Gasteiger partial charge in [-0.25, -0.2) is 4.79 Å². The Morgan fingerprint density at radius 1 is 1.29 bits per heavy atom. The molecule has 0 bridgehead atoms. The lowest BCUT2D eigenvalue weighted by Crippen LogP contribution is -2.53. The third kappa shape index (κ3) is 4.56. The van der Waals surface area contributed by atoms with Crippen LogP contribution in [0.15, 0.2) is 18.3 Å². The Labute approximate surface area is 206 Å². The van der Waals surface area contributed by atoms with Crippen molar-refractivity contribution in [3.8, 4) is 12.1 Å². The van der Waals surface area contributed by atoms with Crippen molar-refractivity contribution in [1.29, 1.82) is 10.5 Å². The number of aromatic nitrogens is 4. The number of benzene rings is 1. The van der Waals surface area contributed by atoms with Crippen molar-refractivity contribution in [1.82, 2.24) is 24.5 Å². The van der Waals surface area contributed by atoms with Crippen LogP contribution in [0.25, 0.3) is 5.65 Å². The fraction of sp³-hybridized carbons (Fsp3) is 0.364. The zero-order chi connectivity index (χ0) is 25.1. The largest absolute Gasteiger partial charge is 0.453 e. The third-order valence-corrected chi connectivity index (χ3v) is 6.02. The van der Waals surface area contributed by atoms with Gasteiger partial charge in [0, 0.05) is 32.2 Å². The first-order valence-corrected chi connectivity index (χ1v) is 11.3. The van der Waals surface area contributed by atoms with Gasteiger partial charge in [-0.05, 0) is 26.0 Å². The summed E-state index contributed by atoms with van der Waals surface area (Å²) < 4.78 is 6.29. The Kier molecular flexibility index (Phi) is 6.75. The number of nitrogens with one attached hydrogen (secondary N) is 2. The van der Waals surface area contributed by atoms with E-state index >= 15 is 0 Å². The molecule has 35 heavy (non-hydrogen) atoms. The predicted molar refractivity (Wildman–Crippen MR) is 130 cm³/mol. The molecule has 1 amide bonds. The van der Waals surface area contributed by atoms with E-state index < -0.39 is 0 Å². The van der Waals surface area contributed by atoms with Gasteiger partial charge in [0.25, 0.3) is 0 Å². The number of ether oxygens (including phenoxy) is 1. The number of fused-ring (bicyclic) bond motifs is 1. The molecule has 1 fully saturated rings. The minimum atomic E-state index is -0.378. The topological polar surface area (TPSA) is 147 Å². The number of hydrogen-bond acceptors (Lipinski definition) is 10. The molecule has 0 aliphatic carbocycles. The molecule has 0 unspecified atom stereocenters. The first-order valence-electron chi connectivity index (χ1n) is 10.9. The number of nitriles is 2. The van der Waals surface area contributed by atoms with Crippen molar-refractivity contribution in [3.05, 3.63) is 34.5 Å². The minimum Gasteiger partial charge on any atom is -0.453 e. The number of carbonyl (C=O) groups excluding carboxylic acids is 1. The van der Waals surface area contributed by atoms with Crippen molar-refractivity contribution in [2.24, 2.45) is 0 Å². The van der Waals surface area contributed by atoms with Crippen LogP contribution < -0.4 is 15.5 Å². The number of amides is 1. The predicted octanol–water partition coefficient (Wildman–Crippen LogP) is 2.97. The van der Waals surface area contributed by atoms with Gasteiger partial charge in [-0.15, -0.1) is 0 Å². The Bertz CT molecular complexity index is 1360. The van der Waals surface area contributed by atoms with Crippen molar-refractivity contribution in [2.75, 3.05) is 48.8 Å². The van der Waals surface area contributed by atoms with Crippen LogP contribution in [-0.2, 0) is 4.74 Å². The maximum atomic E-state index is 11.9. The summed E-state index contributed by atoms with van der Waals surface area (Å²) in [7, 11) is 1.36. The number of piperazine rings is 1. The van der Waals surface area contributed by atoms with Crippen LogP contribution in [0, 0.1) is 22.7 Å². The Morgan fingerprint density at radius 3 is 2.74 bits per heavy atom. The van der Waals surface area contributed by atoms with E-state index in [2.05, 4.69) is 37.8 Å². The highest BCUT2D eigenvalue weighted by Gasteiger charge is 2.29. The van der Waals surface area contributed by atoms with E-state index in [9.17, 15) is 15.3 Å². The van der Waals surface area contributed by atoms with E-state index in [0.29, 0.717) is 65.3 Å².